The van der Waals surface area contributed by atoms with Gasteiger partial charge in [-0.3, -0.25) is 4.79 Å². The Hall–Kier alpha value is -2.43. The van der Waals surface area contributed by atoms with E-state index in [0.29, 0.717) is 47.3 Å². The van der Waals surface area contributed by atoms with Crippen LogP contribution in [-0.4, -0.2) is 45.9 Å². The Morgan fingerprint density at radius 2 is 2.07 bits per heavy atom. The minimum Gasteiger partial charge on any atom is -0.462 e. The van der Waals surface area contributed by atoms with Crippen molar-refractivity contribution in [2.45, 2.75) is 27.3 Å². The summed E-state index contributed by atoms with van der Waals surface area (Å²) in [6, 6.07) is 5.32. The topological polar surface area (TPSA) is 95.7 Å². The summed E-state index contributed by atoms with van der Waals surface area (Å²) >= 11 is 2.37. The monoisotopic (exact) mass is 420 g/mol. The van der Waals surface area contributed by atoms with E-state index >= 15 is 0 Å². The first-order valence-corrected chi connectivity index (χ1v) is 10.4. The fourth-order valence-electron chi connectivity index (χ4n) is 2.58. The number of amides is 1. The summed E-state index contributed by atoms with van der Waals surface area (Å²) in [5, 5.41) is 3.87. The average molecular weight is 421 g/mol. The van der Waals surface area contributed by atoms with Crippen LogP contribution in [0, 0.1) is 6.92 Å². The van der Waals surface area contributed by atoms with Crippen molar-refractivity contribution in [3.8, 4) is 0 Å². The Kier molecular flexibility index (Phi) is 6.65. The molecule has 0 N–H and O–H groups in total. The van der Waals surface area contributed by atoms with Gasteiger partial charge in [0.2, 0.25) is 0 Å². The first kappa shape index (κ1) is 20.3. The summed E-state index contributed by atoms with van der Waals surface area (Å²) in [7, 11) is 0. The zero-order chi connectivity index (χ0) is 20.1. The maximum Gasteiger partial charge on any atom is 0.338 e. The molecule has 148 valence electrons. The van der Waals surface area contributed by atoms with Crippen molar-refractivity contribution >= 4 is 45.0 Å². The van der Waals surface area contributed by atoms with E-state index in [4.69, 9.17) is 9.47 Å². The summed E-state index contributed by atoms with van der Waals surface area (Å²) in [4.78, 5) is 29.8. The fraction of sp³-hybridized carbons (Fsp3) is 0.389. The molecule has 0 radical (unpaired) electrons. The van der Waals surface area contributed by atoms with Crippen LogP contribution in [0.4, 0.5) is 0 Å². The van der Waals surface area contributed by atoms with Gasteiger partial charge in [-0.1, -0.05) is 15.8 Å². The van der Waals surface area contributed by atoms with Crippen molar-refractivity contribution in [2.24, 2.45) is 4.99 Å². The number of hydrogen-bond donors (Lipinski definition) is 0. The molecule has 0 fully saturated rings. The average Bonchev–Trinajstić information content (AvgIpc) is 3.25. The molecule has 2 heterocycles. The third-order valence-corrected chi connectivity index (χ3v) is 5.76. The fourth-order valence-corrected chi connectivity index (χ4v) is 4.22. The van der Waals surface area contributed by atoms with E-state index in [2.05, 4.69) is 14.6 Å². The maximum absolute atomic E-state index is 12.6. The van der Waals surface area contributed by atoms with Crippen molar-refractivity contribution in [1.29, 1.82) is 0 Å². The molecular formula is C18H20N4O4S2. The first-order chi connectivity index (χ1) is 13.5. The lowest BCUT2D eigenvalue weighted by atomic mass is 10.2. The number of rotatable bonds is 7. The molecule has 0 bridgehead atoms. The molecule has 0 atom stereocenters. The van der Waals surface area contributed by atoms with Crippen molar-refractivity contribution in [1.82, 2.24) is 14.2 Å². The SMILES string of the molecule is CCOCCn1c(=NC(=O)c2snnc2C)sc2cc(C(=O)OCC)ccc21. The Labute approximate surface area is 169 Å². The first-order valence-electron chi connectivity index (χ1n) is 8.81. The van der Waals surface area contributed by atoms with Crippen molar-refractivity contribution in [2.75, 3.05) is 19.8 Å². The van der Waals surface area contributed by atoms with Crippen molar-refractivity contribution in [3.05, 3.63) is 39.1 Å². The van der Waals surface area contributed by atoms with Gasteiger partial charge in [-0.2, -0.15) is 4.99 Å². The van der Waals surface area contributed by atoms with Gasteiger partial charge in [-0.25, -0.2) is 4.79 Å². The van der Waals surface area contributed by atoms with Crippen molar-refractivity contribution in [3.63, 3.8) is 0 Å². The second kappa shape index (κ2) is 9.18. The summed E-state index contributed by atoms with van der Waals surface area (Å²) in [5.74, 6) is -0.755. The zero-order valence-electron chi connectivity index (χ0n) is 15.8. The van der Waals surface area contributed by atoms with Crippen LogP contribution in [0.25, 0.3) is 10.2 Å². The highest BCUT2D eigenvalue weighted by Crippen LogP contribution is 2.20. The molecule has 0 aliphatic carbocycles. The number of aromatic nitrogens is 3. The maximum atomic E-state index is 12.6. The van der Waals surface area contributed by atoms with Crippen LogP contribution < -0.4 is 4.80 Å². The number of benzene rings is 1. The van der Waals surface area contributed by atoms with Crippen LogP contribution >= 0.6 is 22.9 Å². The van der Waals surface area contributed by atoms with E-state index < -0.39 is 0 Å². The Morgan fingerprint density at radius 3 is 2.75 bits per heavy atom. The molecule has 0 unspecified atom stereocenters. The van der Waals surface area contributed by atoms with Crippen LogP contribution in [0.2, 0.25) is 0 Å². The third kappa shape index (κ3) is 4.34. The number of ether oxygens (including phenoxy) is 2. The minimum atomic E-state index is -0.380. The molecule has 8 nitrogen and oxygen atoms in total. The third-order valence-electron chi connectivity index (χ3n) is 3.90. The van der Waals surface area contributed by atoms with Gasteiger partial charge >= 0.3 is 5.97 Å². The normalized spacial score (nSPS) is 11.9. The molecule has 2 aromatic heterocycles. The number of carbonyl (C=O) groups excluding carboxylic acids is 2. The molecule has 0 saturated carbocycles. The lowest BCUT2D eigenvalue weighted by Gasteiger charge is -2.06. The number of thiazole rings is 1. The predicted molar refractivity (Wildman–Crippen MR) is 107 cm³/mol. The van der Waals surface area contributed by atoms with Gasteiger partial charge in [0, 0.05) is 13.2 Å². The second-order valence-electron chi connectivity index (χ2n) is 5.74. The highest BCUT2D eigenvalue weighted by atomic mass is 32.1. The Morgan fingerprint density at radius 1 is 1.25 bits per heavy atom. The van der Waals surface area contributed by atoms with Gasteiger partial charge in [0.15, 0.2) is 4.80 Å². The van der Waals surface area contributed by atoms with Crippen LogP contribution in [-0.2, 0) is 16.0 Å². The zero-order valence-corrected chi connectivity index (χ0v) is 17.4. The number of nitrogens with zero attached hydrogens (tertiary/aromatic N) is 4. The highest BCUT2D eigenvalue weighted by Gasteiger charge is 2.15. The molecule has 28 heavy (non-hydrogen) atoms. The molecule has 0 saturated heterocycles. The lowest BCUT2D eigenvalue weighted by Crippen LogP contribution is -2.19. The van der Waals surface area contributed by atoms with Gasteiger partial charge in [0.25, 0.3) is 5.91 Å². The van der Waals surface area contributed by atoms with E-state index in [1.165, 1.54) is 11.3 Å². The van der Waals surface area contributed by atoms with Gasteiger partial charge in [0.05, 0.1) is 34.7 Å². The van der Waals surface area contributed by atoms with Gasteiger partial charge in [-0.15, -0.1) is 5.10 Å². The van der Waals surface area contributed by atoms with Gasteiger partial charge < -0.3 is 14.0 Å². The molecule has 0 aliphatic heterocycles. The van der Waals surface area contributed by atoms with Crippen LogP contribution in [0.1, 0.15) is 39.6 Å². The number of esters is 1. The summed E-state index contributed by atoms with van der Waals surface area (Å²) in [6.45, 7) is 7.37. The quantitative estimate of drug-likeness (QED) is 0.431. The number of fused-ring (bicyclic) bond motifs is 1. The summed E-state index contributed by atoms with van der Waals surface area (Å²) in [6.07, 6.45) is 0. The molecule has 3 aromatic rings. The summed E-state index contributed by atoms with van der Waals surface area (Å²) in [5.41, 5.74) is 1.90. The van der Waals surface area contributed by atoms with Gasteiger partial charge in [-0.05, 0) is 50.5 Å². The Bertz CT molecular complexity index is 1070. The molecule has 3 rings (SSSR count). The molecule has 1 amide bonds. The minimum absolute atomic E-state index is 0.312. The number of hydrogen-bond acceptors (Lipinski definition) is 8. The van der Waals surface area contributed by atoms with Crippen LogP contribution in [0.3, 0.4) is 0 Å². The molecular weight excluding hydrogens is 400 g/mol. The van der Waals surface area contributed by atoms with E-state index in [1.807, 2.05) is 17.6 Å². The second-order valence-corrected chi connectivity index (χ2v) is 7.50. The standard InChI is InChI=1S/C18H20N4O4S2/c1-4-25-9-8-22-13-7-6-12(17(24)26-5-2)10-14(13)27-18(22)19-16(23)15-11(3)20-21-28-15/h6-7,10H,4-5,8-9H2,1-3H3. The molecule has 10 heteroatoms. The smallest absolute Gasteiger partial charge is 0.338 e. The largest absolute Gasteiger partial charge is 0.462 e. The Balaban J connectivity index is 2.07. The van der Waals surface area contributed by atoms with Gasteiger partial charge in [0.1, 0.15) is 4.88 Å². The van der Waals surface area contributed by atoms with E-state index in [-0.39, 0.29) is 11.9 Å². The number of aryl methyl sites for hydroxylation is 1. The molecule has 0 spiro atoms. The molecule has 0 aliphatic rings. The molecule has 1 aromatic carbocycles. The van der Waals surface area contributed by atoms with E-state index in [9.17, 15) is 9.59 Å². The highest BCUT2D eigenvalue weighted by molar-refractivity contribution is 7.16. The predicted octanol–water partition coefficient (Wildman–Crippen LogP) is 2.82. The number of carbonyl (C=O) groups is 2. The summed E-state index contributed by atoms with van der Waals surface area (Å²) < 4.78 is 17.1. The van der Waals surface area contributed by atoms with Crippen molar-refractivity contribution < 1.29 is 19.1 Å². The van der Waals surface area contributed by atoms with Crippen LogP contribution in [0.15, 0.2) is 23.2 Å². The van der Waals surface area contributed by atoms with E-state index in [0.717, 1.165) is 21.7 Å². The lowest BCUT2D eigenvalue weighted by molar-refractivity contribution is 0.0526. The van der Waals surface area contributed by atoms with Crippen LogP contribution in [0.5, 0.6) is 0 Å². The van der Waals surface area contributed by atoms with E-state index in [1.54, 1.807) is 26.0 Å².